The summed E-state index contributed by atoms with van der Waals surface area (Å²) in [6, 6.07) is 1.72. The average molecular weight is 246 g/mol. The first-order valence-electron chi connectivity index (χ1n) is 4.07. The number of carbonyl (C=O) groups excluding carboxylic acids is 1. The van der Waals surface area contributed by atoms with Crippen LogP contribution in [-0.4, -0.2) is 17.3 Å². The Kier molecular flexibility index (Phi) is 3.54. The number of aryl methyl sites for hydroxylation is 1. The molecule has 1 heterocycles. The summed E-state index contributed by atoms with van der Waals surface area (Å²) in [7, 11) is 0. The average Bonchev–Trinajstić information content (AvgIpc) is 2.47. The number of hydrogen-bond donors (Lipinski definition) is 1. The van der Waals surface area contributed by atoms with Crippen LogP contribution in [0.3, 0.4) is 0 Å². The molecule has 13 heavy (non-hydrogen) atoms. The van der Waals surface area contributed by atoms with Crippen molar-refractivity contribution in [3.63, 3.8) is 0 Å². The predicted octanol–water partition coefficient (Wildman–Crippen LogP) is 2.10. The van der Waals surface area contributed by atoms with E-state index in [0.29, 0.717) is 12.1 Å². The summed E-state index contributed by atoms with van der Waals surface area (Å²) in [5.74, 6) is 0.653. The van der Waals surface area contributed by atoms with Gasteiger partial charge in [-0.2, -0.15) is 0 Å². The molecule has 1 aromatic rings. The highest BCUT2D eigenvalue weighted by molar-refractivity contribution is 9.09. The van der Waals surface area contributed by atoms with Crippen LogP contribution in [0.1, 0.15) is 23.0 Å². The Balaban J connectivity index is 2.49. The molecule has 3 nitrogen and oxygen atoms in total. The van der Waals surface area contributed by atoms with E-state index in [9.17, 15) is 4.79 Å². The summed E-state index contributed by atoms with van der Waals surface area (Å²) >= 11 is 3.34. The molecule has 1 amide bonds. The van der Waals surface area contributed by atoms with Gasteiger partial charge in [0, 0.05) is 11.4 Å². The van der Waals surface area contributed by atoms with Crippen LogP contribution in [0.25, 0.3) is 0 Å². The fourth-order valence-corrected chi connectivity index (χ4v) is 1.06. The molecule has 1 atom stereocenters. The fraction of sp³-hybridized carbons (Fsp3) is 0.444. The van der Waals surface area contributed by atoms with Gasteiger partial charge in [-0.25, -0.2) is 0 Å². The molecule has 0 saturated heterocycles. The predicted molar refractivity (Wildman–Crippen MR) is 54.2 cm³/mol. The van der Waals surface area contributed by atoms with Gasteiger partial charge in [-0.1, -0.05) is 22.9 Å². The van der Waals surface area contributed by atoms with Crippen molar-refractivity contribution in [3.8, 4) is 0 Å². The highest BCUT2D eigenvalue weighted by Crippen LogP contribution is 2.05. The van der Waals surface area contributed by atoms with Gasteiger partial charge in [0.15, 0.2) is 0 Å². The standard InChI is InChI=1S/C9H12BrNO2/c1-6(10)4-11-9(12)8-3-7(2)13-5-8/h3,5-6H,4H2,1-2H3,(H,11,12). The van der Waals surface area contributed by atoms with Crippen LogP contribution < -0.4 is 5.32 Å². The lowest BCUT2D eigenvalue weighted by molar-refractivity contribution is 0.0953. The van der Waals surface area contributed by atoms with Gasteiger partial charge in [-0.05, 0) is 13.0 Å². The van der Waals surface area contributed by atoms with Crippen molar-refractivity contribution in [1.82, 2.24) is 5.32 Å². The Hall–Kier alpha value is -0.770. The number of rotatable bonds is 3. The fourth-order valence-electron chi connectivity index (χ4n) is 0.898. The summed E-state index contributed by atoms with van der Waals surface area (Å²) in [6.07, 6.45) is 1.46. The van der Waals surface area contributed by atoms with E-state index in [1.807, 2.05) is 13.8 Å². The summed E-state index contributed by atoms with van der Waals surface area (Å²) < 4.78 is 5.02. The van der Waals surface area contributed by atoms with Gasteiger partial charge in [-0.3, -0.25) is 4.79 Å². The molecule has 1 rings (SSSR count). The van der Waals surface area contributed by atoms with E-state index >= 15 is 0 Å². The minimum Gasteiger partial charge on any atom is -0.469 e. The first-order chi connectivity index (χ1) is 6.09. The third-order valence-corrected chi connectivity index (χ3v) is 1.86. The SMILES string of the molecule is Cc1cc(C(=O)NCC(C)Br)co1. The summed E-state index contributed by atoms with van der Waals surface area (Å²) in [4.78, 5) is 11.7. The number of carbonyl (C=O) groups is 1. The zero-order chi connectivity index (χ0) is 9.84. The van der Waals surface area contributed by atoms with Gasteiger partial charge in [0.05, 0.1) is 5.56 Å². The van der Waals surface area contributed by atoms with E-state index in [1.165, 1.54) is 6.26 Å². The number of amides is 1. The van der Waals surface area contributed by atoms with Gasteiger partial charge in [0.25, 0.3) is 5.91 Å². The molecule has 0 aliphatic carbocycles. The van der Waals surface area contributed by atoms with Gasteiger partial charge in [-0.15, -0.1) is 0 Å². The van der Waals surface area contributed by atoms with E-state index in [1.54, 1.807) is 6.07 Å². The number of hydrogen-bond acceptors (Lipinski definition) is 2. The van der Waals surface area contributed by atoms with Crippen molar-refractivity contribution in [2.24, 2.45) is 0 Å². The normalized spacial score (nSPS) is 12.5. The summed E-state index contributed by atoms with van der Waals surface area (Å²) in [6.45, 7) is 4.40. The van der Waals surface area contributed by atoms with Crippen LogP contribution in [0, 0.1) is 6.92 Å². The minimum atomic E-state index is -0.0943. The van der Waals surface area contributed by atoms with Crippen molar-refractivity contribution in [1.29, 1.82) is 0 Å². The molecule has 72 valence electrons. The smallest absolute Gasteiger partial charge is 0.254 e. The topological polar surface area (TPSA) is 42.2 Å². The second kappa shape index (κ2) is 4.46. The van der Waals surface area contributed by atoms with Crippen LogP contribution in [-0.2, 0) is 0 Å². The number of furan rings is 1. The molecule has 0 fully saturated rings. The van der Waals surface area contributed by atoms with E-state index in [2.05, 4.69) is 21.2 Å². The molecule has 0 spiro atoms. The molecule has 0 bridgehead atoms. The summed E-state index contributed by atoms with van der Waals surface area (Å²) in [5, 5.41) is 2.77. The number of halogens is 1. The Morgan fingerprint density at radius 3 is 2.92 bits per heavy atom. The molecule has 0 aromatic carbocycles. The van der Waals surface area contributed by atoms with E-state index in [4.69, 9.17) is 4.42 Å². The first-order valence-corrected chi connectivity index (χ1v) is 4.98. The van der Waals surface area contributed by atoms with Gasteiger partial charge >= 0.3 is 0 Å². The number of alkyl halides is 1. The van der Waals surface area contributed by atoms with Crippen LogP contribution in [0.2, 0.25) is 0 Å². The van der Waals surface area contributed by atoms with Gasteiger partial charge in [0.2, 0.25) is 0 Å². The third kappa shape index (κ3) is 3.22. The van der Waals surface area contributed by atoms with E-state index in [0.717, 1.165) is 5.76 Å². The Bertz CT molecular complexity index is 294. The lowest BCUT2D eigenvalue weighted by Crippen LogP contribution is -2.27. The molecule has 0 aliphatic heterocycles. The minimum absolute atomic E-state index is 0.0943. The second-order valence-corrected chi connectivity index (χ2v) is 4.50. The summed E-state index contributed by atoms with van der Waals surface area (Å²) in [5.41, 5.74) is 0.575. The highest BCUT2D eigenvalue weighted by Gasteiger charge is 2.08. The van der Waals surface area contributed by atoms with Crippen LogP contribution in [0.5, 0.6) is 0 Å². The maximum Gasteiger partial charge on any atom is 0.254 e. The Morgan fingerprint density at radius 2 is 2.46 bits per heavy atom. The number of nitrogens with one attached hydrogen (secondary N) is 1. The van der Waals surface area contributed by atoms with Crippen LogP contribution in [0.15, 0.2) is 16.7 Å². The Morgan fingerprint density at radius 1 is 1.77 bits per heavy atom. The molecular formula is C9H12BrNO2. The zero-order valence-electron chi connectivity index (χ0n) is 7.63. The molecular weight excluding hydrogens is 234 g/mol. The molecule has 1 N–H and O–H groups in total. The largest absolute Gasteiger partial charge is 0.469 e. The second-order valence-electron chi connectivity index (χ2n) is 2.94. The van der Waals surface area contributed by atoms with Crippen LogP contribution >= 0.6 is 15.9 Å². The first kappa shape index (κ1) is 10.3. The van der Waals surface area contributed by atoms with E-state index < -0.39 is 0 Å². The molecule has 4 heteroatoms. The van der Waals surface area contributed by atoms with Crippen molar-refractivity contribution >= 4 is 21.8 Å². The molecule has 0 radical (unpaired) electrons. The molecule has 1 aromatic heterocycles. The van der Waals surface area contributed by atoms with Gasteiger partial charge < -0.3 is 9.73 Å². The lowest BCUT2D eigenvalue weighted by atomic mass is 10.3. The van der Waals surface area contributed by atoms with Crippen LogP contribution in [0.4, 0.5) is 0 Å². The van der Waals surface area contributed by atoms with Crippen molar-refractivity contribution in [2.45, 2.75) is 18.7 Å². The van der Waals surface area contributed by atoms with Crippen molar-refractivity contribution in [3.05, 3.63) is 23.7 Å². The zero-order valence-corrected chi connectivity index (χ0v) is 9.22. The van der Waals surface area contributed by atoms with Crippen molar-refractivity contribution in [2.75, 3.05) is 6.54 Å². The lowest BCUT2D eigenvalue weighted by Gasteiger charge is -2.03. The third-order valence-electron chi connectivity index (χ3n) is 1.54. The molecule has 0 aliphatic rings. The maximum atomic E-state index is 11.4. The monoisotopic (exact) mass is 245 g/mol. The quantitative estimate of drug-likeness (QED) is 0.830. The van der Waals surface area contributed by atoms with E-state index in [-0.39, 0.29) is 10.7 Å². The molecule has 0 saturated carbocycles. The maximum absolute atomic E-state index is 11.4. The molecule has 1 unspecified atom stereocenters. The van der Waals surface area contributed by atoms with Gasteiger partial charge in [0.1, 0.15) is 12.0 Å². The Labute approximate surface area is 85.6 Å². The highest BCUT2D eigenvalue weighted by atomic mass is 79.9. The van der Waals surface area contributed by atoms with Crippen molar-refractivity contribution < 1.29 is 9.21 Å².